The molecule has 0 N–H and O–H groups in total. The maximum atomic E-state index is 12.3. The zero-order valence-corrected chi connectivity index (χ0v) is 5.85. The molecule has 1 aliphatic rings. The van der Waals surface area contributed by atoms with Crippen molar-refractivity contribution in [3.8, 4) is 0 Å². The summed E-state index contributed by atoms with van der Waals surface area (Å²) in [7, 11) is 0. The van der Waals surface area contributed by atoms with E-state index >= 15 is 0 Å². The van der Waals surface area contributed by atoms with Crippen molar-refractivity contribution < 1.29 is 26.3 Å². The summed E-state index contributed by atoms with van der Waals surface area (Å²) in [4.78, 5) is 0. The topological polar surface area (TPSA) is 0 Å². The molecule has 6 heteroatoms. The molecule has 0 saturated heterocycles. The van der Waals surface area contributed by atoms with Gasteiger partial charge in [0, 0.05) is 5.57 Å². The lowest BCUT2D eigenvalue weighted by Crippen LogP contribution is -2.42. The summed E-state index contributed by atoms with van der Waals surface area (Å²) < 4.78 is 73.4. The van der Waals surface area contributed by atoms with Crippen LogP contribution in [0.4, 0.5) is 26.3 Å². The van der Waals surface area contributed by atoms with Crippen molar-refractivity contribution in [1.82, 2.24) is 0 Å². The molecule has 0 aromatic heterocycles. The third-order valence-electron chi connectivity index (χ3n) is 1.74. The molecule has 0 saturated carbocycles. The minimum absolute atomic E-state index is 0.578. The fourth-order valence-electron chi connectivity index (χ4n) is 0.936. The van der Waals surface area contributed by atoms with Gasteiger partial charge in [0.15, 0.2) is 12.0 Å². The molecular formula is C6H4F6. The average molecular weight is 190 g/mol. The van der Waals surface area contributed by atoms with Crippen LogP contribution in [-0.4, -0.2) is 18.0 Å². The van der Waals surface area contributed by atoms with Crippen LogP contribution in [0.2, 0.25) is 0 Å². The molecule has 0 bridgehead atoms. The van der Waals surface area contributed by atoms with E-state index in [1.807, 2.05) is 0 Å². The van der Waals surface area contributed by atoms with Crippen LogP contribution in [0.25, 0.3) is 0 Å². The first-order chi connectivity index (χ1) is 5.23. The highest BCUT2D eigenvalue weighted by Gasteiger charge is 2.70. The molecule has 0 aromatic carbocycles. The second kappa shape index (κ2) is 2.17. The predicted molar refractivity (Wildman–Crippen MR) is 28.6 cm³/mol. The molecule has 0 heterocycles. The van der Waals surface area contributed by atoms with Gasteiger partial charge in [0.05, 0.1) is 0 Å². The quantitative estimate of drug-likeness (QED) is 0.515. The van der Waals surface area contributed by atoms with E-state index in [2.05, 4.69) is 0 Å². The SMILES string of the molecule is CC1=C(F)C(F)(F)C(F)(F)C1F. The van der Waals surface area contributed by atoms with E-state index in [0.717, 1.165) is 0 Å². The summed E-state index contributed by atoms with van der Waals surface area (Å²) in [5.41, 5.74) is -1.23. The van der Waals surface area contributed by atoms with Gasteiger partial charge in [0.2, 0.25) is 0 Å². The van der Waals surface area contributed by atoms with E-state index in [9.17, 15) is 26.3 Å². The number of hydrogen-bond donors (Lipinski definition) is 0. The first-order valence-electron chi connectivity index (χ1n) is 2.99. The first-order valence-corrected chi connectivity index (χ1v) is 2.99. The highest BCUT2D eigenvalue weighted by atomic mass is 19.3. The lowest BCUT2D eigenvalue weighted by molar-refractivity contribution is -0.204. The van der Waals surface area contributed by atoms with Crippen molar-refractivity contribution >= 4 is 0 Å². The zero-order chi connectivity index (χ0) is 9.73. The fraction of sp³-hybridized carbons (Fsp3) is 0.667. The molecule has 0 radical (unpaired) electrons. The minimum Gasteiger partial charge on any atom is -0.236 e. The first kappa shape index (κ1) is 9.41. The number of rotatable bonds is 0. The largest absolute Gasteiger partial charge is 0.364 e. The monoisotopic (exact) mass is 190 g/mol. The van der Waals surface area contributed by atoms with E-state index in [-0.39, 0.29) is 0 Å². The standard InChI is InChI=1S/C6H4F6/c1-2-3(7)5(9,10)6(11,12)4(2)8/h3H,1H3. The summed E-state index contributed by atoms with van der Waals surface area (Å²) in [6.07, 6.45) is -3.23. The molecule has 0 spiro atoms. The number of hydrogen-bond acceptors (Lipinski definition) is 0. The Morgan fingerprint density at radius 1 is 1.17 bits per heavy atom. The van der Waals surface area contributed by atoms with Crippen molar-refractivity contribution in [2.75, 3.05) is 0 Å². The van der Waals surface area contributed by atoms with E-state index in [1.54, 1.807) is 0 Å². The maximum absolute atomic E-state index is 12.3. The van der Waals surface area contributed by atoms with Crippen LogP contribution in [0.15, 0.2) is 11.4 Å². The number of halogens is 6. The maximum Gasteiger partial charge on any atom is 0.364 e. The number of allylic oxidation sites excluding steroid dienone is 2. The molecule has 1 rings (SSSR count). The zero-order valence-electron chi connectivity index (χ0n) is 5.85. The van der Waals surface area contributed by atoms with Crippen molar-refractivity contribution in [3.63, 3.8) is 0 Å². The van der Waals surface area contributed by atoms with Gasteiger partial charge in [-0.25, -0.2) is 8.78 Å². The van der Waals surface area contributed by atoms with E-state index in [1.165, 1.54) is 0 Å². The Bertz CT molecular complexity index is 240. The van der Waals surface area contributed by atoms with Gasteiger partial charge in [0.1, 0.15) is 0 Å². The average Bonchev–Trinajstić information content (AvgIpc) is 2.05. The molecule has 12 heavy (non-hydrogen) atoms. The second-order valence-corrected chi connectivity index (χ2v) is 2.56. The van der Waals surface area contributed by atoms with Crippen LogP contribution in [0.1, 0.15) is 6.92 Å². The highest BCUT2D eigenvalue weighted by Crippen LogP contribution is 2.52. The van der Waals surface area contributed by atoms with Crippen molar-refractivity contribution in [2.45, 2.75) is 24.9 Å². The van der Waals surface area contributed by atoms with Crippen molar-refractivity contribution in [1.29, 1.82) is 0 Å². The minimum atomic E-state index is -5.00. The van der Waals surface area contributed by atoms with Crippen molar-refractivity contribution in [2.24, 2.45) is 0 Å². The van der Waals surface area contributed by atoms with E-state index < -0.39 is 29.4 Å². The van der Waals surface area contributed by atoms with Crippen LogP contribution >= 0.6 is 0 Å². The van der Waals surface area contributed by atoms with Gasteiger partial charge < -0.3 is 0 Å². The Morgan fingerprint density at radius 2 is 1.58 bits per heavy atom. The predicted octanol–water partition coefficient (Wildman–Crippen LogP) is 2.85. The normalized spacial score (nSPS) is 32.8. The van der Waals surface area contributed by atoms with Gasteiger partial charge in [-0.05, 0) is 6.92 Å². The number of alkyl halides is 5. The highest BCUT2D eigenvalue weighted by molar-refractivity contribution is 5.31. The molecule has 1 unspecified atom stereocenters. The molecule has 0 aliphatic heterocycles. The van der Waals surface area contributed by atoms with Crippen LogP contribution in [0, 0.1) is 0 Å². The molecule has 0 nitrogen and oxygen atoms in total. The molecular weight excluding hydrogens is 186 g/mol. The molecule has 1 aliphatic carbocycles. The Labute approximate surface area is 63.9 Å². The summed E-state index contributed by atoms with van der Waals surface area (Å²) in [5.74, 6) is -12.3. The third-order valence-corrected chi connectivity index (χ3v) is 1.74. The van der Waals surface area contributed by atoms with Crippen LogP contribution < -0.4 is 0 Å². The summed E-state index contributed by atoms with van der Waals surface area (Å²) in [6.45, 7) is 0.578. The Hall–Kier alpha value is -0.680. The van der Waals surface area contributed by atoms with Crippen LogP contribution in [0.5, 0.6) is 0 Å². The second-order valence-electron chi connectivity index (χ2n) is 2.56. The third kappa shape index (κ3) is 0.804. The Morgan fingerprint density at radius 3 is 1.67 bits per heavy atom. The lowest BCUT2D eigenvalue weighted by Gasteiger charge is -2.19. The van der Waals surface area contributed by atoms with Gasteiger partial charge in [-0.15, -0.1) is 0 Å². The fourth-order valence-corrected chi connectivity index (χ4v) is 0.936. The van der Waals surface area contributed by atoms with Gasteiger partial charge in [-0.1, -0.05) is 0 Å². The van der Waals surface area contributed by atoms with Gasteiger partial charge in [0.25, 0.3) is 0 Å². The molecule has 70 valence electrons. The van der Waals surface area contributed by atoms with Crippen LogP contribution in [-0.2, 0) is 0 Å². The smallest absolute Gasteiger partial charge is 0.236 e. The summed E-state index contributed by atoms with van der Waals surface area (Å²) >= 11 is 0. The Balaban J connectivity index is 3.22. The van der Waals surface area contributed by atoms with Gasteiger partial charge in [-0.2, -0.15) is 17.6 Å². The molecule has 0 aromatic rings. The summed E-state index contributed by atoms with van der Waals surface area (Å²) in [6, 6.07) is 0. The van der Waals surface area contributed by atoms with Gasteiger partial charge in [-0.3, -0.25) is 0 Å². The Kier molecular flexibility index (Phi) is 1.70. The van der Waals surface area contributed by atoms with E-state index in [0.29, 0.717) is 6.92 Å². The van der Waals surface area contributed by atoms with Crippen molar-refractivity contribution in [3.05, 3.63) is 11.4 Å². The summed E-state index contributed by atoms with van der Waals surface area (Å²) in [5, 5.41) is 0. The lowest BCUT2D eigenvalue weighted by atomic mass is 10.2. The molecule has 0 amide bonds. The van der Waals surface area contributed by atoms with Gasteiger partial charge >= 0.3 is 11.8 Å². The molecule has 1 atom stereocenters. The van der Waals surface area contributed by atoms with Crippen LogP contribution in [0.3, 0.4) is 0 Å². The molecule has 0 fully saturated rings. The van der Waals surface area contributed by atoms with E-state index in [4.69, 9.17) is 0 Å².